The lowest BCUT2D eigenvalue weighted by atomic mass is 9.93. The van der Waals surface area contributed by atoms with Crippen molar-refractivity contribution in [2.24, 2.45) is 0 Å². The fourth-order valence-corrected chi connectivity index (χ4v) is 8.20. The van der Waals surface area contributed by atoms with Crippen LogP contribution in [0, 0.1) is 0 Å². The Morgan fingerprint density at radius 2 is 1.66 bits per heavy atom. The van der Waals surface area contributed by atoms with Gasteiger partial charge in [0, 0.05) is 48.5 Å². The number of methoxy groups -OCH3 is 1. The van der Waals surface area contributed by atoms with Gasteiger partial charge in [0.25, 0.3) is 5.91 Å². The number of rotatable bonds is 10. The summed E-state index contributed by atoms with van der Waals surface area (Å²) in [5, 5.41) is 2.09. The Hall–Kier alpha value is -4.05. The van der Waals surface area contributed by atoms with Crippen molar-refractivity contribution in [2.75, 3.05) is 39.6 Å². The number of carbonyl (C=O) groups excluding carboxylic acids is 1. The Morgan fingerprint density at radius 3 is 2.30 bits per heavy atom. The van der Waals surface area contributed by atoms with Crippen LogP contribution in [0.5, 0.6) is 0 Å². The zero-order valence-electron chi connectivity index (χ0n) is 29.2. The van der Waals surface area contributed by atoms with E-state index in [9.17, 15) is 39.6 Å². The molecule has 2 atom stereocenters. The second-order valence-corrected chi connectivity index (χ2v) is 15.7. The van der Waals surface area contributed by atoms with E-state index in [-0.39, 0.29) is 56.3 Å². The minimum atomic E-state index is -4.93. The quantitative estimate of drug-likeness (QED) is 0.168. The monoisotopic (exact) mass is 762 g/mol. The van der Waals surface area contributed by atoms with E-state index in [2.05, 4.69) is 15.2 Å². The number of fused-ring (bicyclic) bond motifs is 1. The number of nitrogens with zero attached hydrogens (tertiary/aromatic N) is 3. The predicted octanol–water partition coefficient (Wildman–Crippen LogP) is 7.43. The summed E-state index contributed by atoms with van der Waals surface area (Å²) in [5.41, 5.74) is -1.41. The number of hydrogen-bond acceptors (Lipinski definition) is 7. The Balaban J connectivity index is 1.50. The van der Waals surface area contributed by atoms with Gasteiger partial charge < -0.3 is 10.1 Å². The third kappa shape index (κ3) is 8.69. The van der Waals surface area contributed by atoms with Crippen LogP contribution in [0.2, 0.25) is 0 Å². The van der Waals surface area contributed by atoms with Crippen molar-refractivity contribution in [3.05, 3.63) is 95.1 Å². The van der Waals surface area contributed by atoms with Crippen LogP contribution in [-0.4, -0.2) is 87.0 Å². The number of amides is 1. The van der Waals surface area contributed by atoms with Gasteiger partial charge in [-0.3, -0.25) is 14.6 Å². The summed E-state index contributed by atoms with van der Waals surface area (Å²) < 4.78 is 116. The molecule has 1 aromatic heterocycles. The highest BCUT2D eigenvalue weighted by Gasteiger charge is 2.43. The molecule has 53 heavy (non-hydrogen) atoms. The standard InChI is InChI=1S/C38H40F6N4O4S/c1-52-23-28-12-7-17-48(28)27-15-18-47(19-16-27)22-31-33(36(49)46-35(38(42,43)44)24-8-4-3-5-9-24)30-21-29(53(2,50)51)13-14-32(30)45-34(31)25-10-6-11-26(20-25)37(39,40)41/h3-6,8-11,13-14,20-21,27-28,35H,7,12,15-19,22-23H2,1-2H3,(H,46,49)/t28-,35+/m0/s1. The number of piperidine rings is 1. The molecule has 1 amide bonds. The molecule has 15 heteroatoms. The maximum Gasteiger partial charge on any atom is 0.416 e. The molecule has 4 aromatic rings. The van der Waals surface area contributed by atoms with Gasteiger partial charge in [0.05, 0.1) is 33.8 Å². The Bertz CT molecular complexity index is 2050. The number of benzene rings is 3. The predicted molar refractivity (Wildman–Crippen MR) is 188 cm³/mol. The van der Waals surface area contributed by atoms with Gasteiger partial charge in [-0.25, -0.2) is 13.4 Å². The molecule has 284 valence electrons. The summed E-state index contributed by atoms with van der Waals surface area (Å²) in [6.45, 7) is 2.55. The van der Waals surface area contributed by atoms with Gasteiger partial charge in [-0.05, 0) is 81.2 Å². The Morgan fingerprint density at radius 1 is 0.943 bits per heavy atom. The summed E-state index contributed by atoms with van der Waals surface area (Å²) in [7, 11) is -2.19. The number of ether oxygens (including phenoxy) is 1. The summed E-state index contributed by atoms with van der Waals surface area (Å²) >= 11 is 0. The highest BCUT2D eigenvalue weighted by molar-refractivity contribution is 7.90. The largest absolute Gasteiger partial charge is 0.416 e. The van der Waals surface area contributed by atoms with Crippen LogP contribution in [0.25, 0.3) is 22.2 Å². The maximum absolute atomic E-state index is 14.6. The number of halogens is 6. The first-order valence-electron chi connectivity index (χ1n) is 17.3. The Labute approximate surface area is 304 Å². The first-order valence-corrected chi connectivity index (χ1v) is 19.2. The number of likely N-dealkylation sites (tertiary alicyclic amines) is 2. The number of alkyl halides is 6. The van der Waals surface area contributed by atoms with Gasteiger partial charge >= 0.3 is 12.4 Å². The molecule has 1 N–H and O–H groups in total. The summed E-state index contributed by atoms with van der Waals surface area (Å²) in [6.07, 6.45) is -5.14. The van der Waals surface area contributed by atoms with Crippen LogP contribution >= 0.6 is 0 Å². The van der Waals surface area contributed by atoms with E-state index in [1.165, 1.54) is 60.7 Å². The zero-order valence-corrected chi connectivity index (χ0v) is 30.0. The second kappa shape index (κ2) is 15.4. The van der Waals surface area contributed by atoms with E-state index in [0.29, 0.717) is 25.7 Å². The molecule has 0 spiro atoms. The van der Waals surface area contributed by atoms with Crippen LogP contribution in [0.15, 0.2) is 77.7 Å². The highest BCUT2D eigenvalue weighted by Crippen LogP contribution is 2.39. The minimum absolute atomic E-state index is 0.00255. The molecule has 2 aliphatic rings. The molecular formula is C38H40F6N4O4S. The van der Waals surface area contributed by atoms with Crippen molar-refractivity contribution in [3.8, 4) is 11.3 Å². The third-order valence-electron chi connectivity index (χ3n) is 10.1. The summed E-state index contributed by atoms with van der Waals surface area (Å²) in [4.78, 5) is 23.4. The molecule has 0 bridgehead atoms. The number of carbonyl (C=O) groups is 1. The number of sulfone groups is 1. The van der Waals surface area contributed by atoms with Crippen LogP contribution in [0.1, 0.15) is 58.8 Å². The van der Waals surface area contributed by atoms with E-state index in [0.717, 1.165) is 50.6 Å². The summed E-state index contributed by atoms with van der Waals surface area (Å²) in [5.74, 6) is -1.17. The smallest absolute Gasteiger partial charge is 0.383 e. The van der Waals surface area contributed by atoms with E-state index in [1.807, 2.05) is 4.90 Å². The molecule has 0 radical (unpaired) electrons. The first kappa shape index (κ1) is 38.7. The van der Waals surface area contributed by atoms with E-state index in [4.69, 9.17) is 4.74 Å². The fraction of sp³-hybridized carbons (Fsp3) is 0.421. The molecule has 2 saturated heterocycles. The third-order valence-corrected chi connectivity index (χ3v) is 11.2. The lowest BCUT2D eigenvalue weighted by Crippen LogP contribution is -2.47. The van der Waals surface area contributed by atoms with Crippen molar-refractivity contribution in [3.63, 3.8) is 0 Å². The maximum atomic E-state index is 14.6. The average Bonchev–Trinajstić information content (AvgIpc) is 3.58. The van der Waals surface area contributed by atoms with Gasteiger partial charge in [-0.15, -0.1) is 0 Å². The van der Waals surface area contributed by atoms with E-state index < -0.39 is 39.7 Å². The first-order chi connectivity index (χ1) is 25.0. The normalized spacial score (nSPS) is 18.8. The molecule has 3 heterocycles. The topological polar surface area (TPSA) is 91.8 Å². The fourth-order valence-electron chi connectivity index (χ4n) is 7.55. The van der Waals surface area contributed by atoms with Gasteiger partial charge in [0.2, 0.25) is 0 Å². The van der Waals surface area contributed by atoms with Gasteiger partial charge in [-0.1, -0.05) is 42.5 Å². The van der Waals surface area contributed by atoms with Gasteiger partial charge in [0.1, 0.15) is 0 Å². The average molecular weight is 763 g/mol. The molecule has 6 rings (SSSR count). The Kier molecular flexibility index (Phi) is 11.2. The SMILES string of the molecule is COC[C@@H]1CCCN1C1CCN(Cc2c(-c3cccc(C(F)(F)F)c3)nc3ccc(S(C)(=O)=O)cc3c2C(=O)N[C@H](c2ccccc2)C(F)(F)F)CC1. The highest BCUT2D eigenvalue weighted by atomic mass is 32.2. The van der Waals surface area contributed by atoms with Crippen LogP contribution < -0.4 is 5.32 Å². The van der Waals surface area contributed by atoms with Crippen molar-refractivity contribution in [1.82, 2.24) is 20.1 Å². The van der Waals surface area contributed by atoms with Crippen LogP contribution in [0.3, 0.4) is 0 Å². The minimum Gasteiger partial charge on any atom is -0.383 e. The molecule has 0 saturated carbocycles. The van der Waals surface area contributed by atoms with Crippen molar-refractivity contribution in [2.45, 2.75) is 67.6 Å². The molecule has 3 aromatic carbocycles. The molecular weight excluding hydrogens is 722 g/mol. The van der Waals surface area contributed by atoms with Gasteiger partial charge in [-0.2, -0.15) is 26.3 Å². The lowest BCUT2D eigenvalue weighted by Gasteiger charge is -2.39. The van der Waals surface area contributed by atoms with Crippen LogP contribution in [-0.2, 0) is 27.3 Å². The number of pyridine rings is 1. The number of aromatic nitrogens is 1. The van der Waals surface area contributed by atoms with E-state index >= 15 is 0 Å². The van der Waals surface area contributed by atoms with Crippen molar-refractivity contribution >= 4 is 26.6 Å². The second-order valence-electron chi connectivity index (χ2n) is 13.7. The number of hydrogen-bond donors (Lipinski definition) is 1. The molecule has 2 aliphatic heterocycles. The molecule has 2 fully saturated rings. The molecule has 8 nitrogen and oxygen atoms in total. The zero-order chi connectivity index (χ0) is 38.1. The summed E-state index contributed by atoms with van der Waals surface area (Å²) in [6, 6.07) is 13.0. The molecule has 0 aliphatic carbocycles. The van der Waals surface area contributed by atoms with Gasteiger partial charge in [0.15, 0.2) is 15.9 Å². The van der Waals surface area contributed by atoms with Crippen molar-refractivity contribution < 1.29 is 44.3 Å². The van der Waals surface area contributed by atoms with Crippen molar-refractivity contribution in [1.29, 1.82) is 0 Å². The molecule has 0 unspecified atom stereocenters. The number of nitrogens with one attached hydrogen (secondary N) is 1. The van der Waals surface area contributed by atoms with E-state index in [1.54, 1.807) is 7.11 Å². The van der Waals surface area contributed by atoms with Crippen LogP contribution in [0.4, 0.5) is 26.3 Å². The lowest BCUT2D eigenvalue weighted by molar-refractivity contribution is -0.155.